The van der Waals surface area contributed by atoms with Gasteiger partial charge in [0.1, 0.15) is 0 Å². The van der Waals surface area contributed by atoms with Gasteiger partial charge in [-0.05, 0) is 46.7 Å². The van der Waals surface area contributed by atoms with Gasteiger partial charge in [0, 0.05) is 5.25 Å². The summed E-state index contributed by atoms with van der Waals surface area (Å²) in [6.07, 6.45) is 2.65. The van der Waals surface area contributed by atoms with Crippen LogP contribution in [0.1, 0.15) is 27.6 Å². The van der Waals surface area contributed by atoms with Crippen molar-refractivity contribution in [3.05, 3.63) is 78.4 Å². The number of thioether (sulfide) groups is 1. The summed E-state index contributed by atoms with van der Waals surface area (Å²) in [6.45, 7) is 3.83. The third kappa shape index (κ3) is 3.95. The van der Waals surface area contributed by atoms with E-state index in [1.165, 1.54) is 17.7 Å². The predicted molar refractivity (Wildman–Crippen MR) is 96.0 cm³/mol. The molecule has 0 aliphatic rings. The first kappa shape index (κ1) is 16.9. The lowest BCUT2D eigenvalue weighted by Crippen LogP contribution is -2.02. The van der Waals surface area contributed by atoms with Gasteiger partial charge in [-0.2, -0.15) is 4.68 Å². The van der Waals surface area contributed by atoms with Crippen LogP contribution in [-0.4, -0.2) is 31.3 Å². The van der Waals surface area contributed by atoms with Crippen molar-refractivity contribution in [1.29, 1.82) is 0 Å². The first-order valence-electron chi connectivity index (χ1n) is 7.63. The molecule has 1 aromatic heterocycles. The average Bonchev–Trinajstić information content (AvgIpc) is 3.10. The molecule has 0 bridgehead atoms. The van der Waals surface area contributed by atoms with Crippen molar-refractivity contribution in [2.75, 3.05) is 0 Å². The lowest BCUT2D eigenvalue weighted by atomic mass is 10.1. The zero-order valence-corrected chi connectivity index (χ0v) is 14.1. The number of carboxylic acids is 1. The van der Waals surface area contributed by atoms with Crippen LogP contribution < -0.4 is 0 Å². The van der Waals surface area contributed by atoms with E-state index in [1.807, 2.05) is 24.3 Å². The molecule has 3 rings (SSSR count). The normalized spacial score (nSPS) is 11.8. The van der Waals surface area contributed by atoms with Crippen molar-refractivity contribution in [2.24, 2.45) is 0 Å². The molecule has 2 aromatic carbocycles. The molecular formula is C18H16N4O2S. The SMILES string of the molecule is C=CCC(Sc1nnnn1-c1ccc(C(=O)O)cc1)c1ccccc1. The van der Waals surface area contributed by atoms with Gasteiger partial charge in [0.05, 0.1) is 11.3 Å². The Morgan fingerprint density at radius 2 is 1.92 bits per heavy atom. The van der Waals surface area contributed by atoms with E-state index < -0.39 is 5.97 Å². The molecule has 0 saturated heterocycles. The molecule has 1 heterocycles. The standard InChI is InChI=1S/C18H16N4O2S/c1-2-6-16(13-7-4-3-5-8-13)25-18-19-20-21-22(18)15-11-9-14(10-12-15)17(23)24/h2-5,7-12,16H,1,6H2,(H,23,24). The van der Waals surface area contributed by atoms with E-state index in [0.717, 1.165) is 6.42 Å². The maximum atomic E-state index is 11.0. The van der Waals surface area contributed by atoms with Crippen LogP contribution in [0.5, 0.6) is 0 Å². The van der Waals surface area contributed by atoms with Crippen LogP contribution in [0.15, 0.2) is 72.4 Å². The van der Waals surface area contributed by atoms with E-state index in [2.05, 4.69) is 34.2 Å². The number of carbonyl (C=O) groups is 1. The van der Waals surface area contributed by atoms with Crippen molar-refractivity contribution in [2.45, 2.75) is 16.8 Å². The monoisotopic (exact) mass is 352 g/mol. The Balaban J connectivity index is 1.87. The van der Waals surface area contributed by atoms with Crippen molar-refractivity contribution >= 4 is 17.7 Å². The van der Waals surface area contributed by atoms with E-state index in [4.69, 9.17) is 5.11 Å². The van der Waals surface area contributed by atoms with Crippen LogP contribution in [0.4, 0.5) is 0 Å². The highest BCUT2D eigenvalue weighted by molar-refractivity contribution is 7.99. The fraction of sp³-hybridized carbons (Fsp3) is 0.111. The lowest BCUT2D eigenvalue weighted by molar-refractivity contribution is 0.0697. The van der Waals surface area contributed by atoms with Crippen molar-refractivity contribution in [3.63, 3.8) is 0 Å². The molecule has 0 spiro atoms. The minimum absolute atomic E-state index is 0.141. The highest BCUT2D eigenvalue weighted by atomic mass is 32.2. The largest absolute Gasteiger partial charge is 0.478 e. The molecule has 6 nitrogen and oxygen atoms in total. The molecular weight excluding hydrogens is 336 g/mol. The summed E-state index contributed by atoms with van der Waals surface area (Å²) in [6, 6.07) is 16.6. The summed E-state index contributed by atoms with van der Waals surface area (Å²) in [5, 5.41) is 21.7. The predicted octanol–water partition coefficient (Wildman–Crippen LogP) is 3.77. The van der Waals surface area contributed by atoms with Gasteiger partial charge in [-0.1, -0.05) is 48.2 Å². The molecule has 3 aromatic rings. The number of nitrogens with zero attached hydrogens (tertiary/aromatic N) is 4. The van der Waals surface area contributed by atoms with Crippen LogP contribution in [-0.2, 0) is 0 Å². The number of benzene rings is 2. The average molecular weight is 352 g/mol. The molecule has 25 heavy (non-hydrogen) atoms. The summed E-state index contributed by atoms with van der Waals surface area (Å²) in [4.78, 5) is 11.0. The third-order valence-corrected chi connectivity index (χ3v) is 4.81. The highest BCUT2D eigenvalue weighted by Gasteiger charge is 2.17. The smallest absolute Gasteiger partial charge is 0.335 e. The summed E-state index contributed by atoms with van der Waals surface area (Å²) in [5.41, 5.74) is 2.10. The van der Waals surface area contributed by atoms with Crippen LogP contribution in [0.25, 0.3) is 5.69 Å². The Labute approximate surface area is 149 Å². The molecule has 0 aliphatic carbocycles. The zero-order chi connectivity index (χ0) is 17.6. The Bertz CT molecular complexity index is 862. The van der Waals surface area contributed by atoms with Gasteiger partial charge in [0.25, 0.3) is 0 Å². The Morgan fingerprint density at radius 1 is 1.20 bits per heavy atom. The Hall–Kier alpha value is -2.93. The number of rotatable bonds is 7. The van der Waals surface area contributed by atoms with Gasteiger partial charge in [0.2, 0.25) is 5.16 Å². The van der Waals surface area contributed by atoms with Crippen LogP contribution >= 0.6 is 11.8 Å². The van der Waals surface area contributed by atoms with E-state index >= 15 is 0 Å². The molecule has 0 amide bonds. The lowest BCUT2D eigenvalue weighted by Gasteiger charge is -2.14. The Kier molecular flexibility index (Phi) is 5.25. The summed E-state index contributed by atoms with van der Waals surface area (Å²) >= 11 is 1.54. The molecule has 0 radical (unpaired) electrons. The highest BCUT2D eigenvalue weighted by Crippen LogP contribution is 2.37. The number of aromatic carboxylic acids is 1. The quantitative estimate of drug-likeness (QED) is 0.515. The molecule has 0 fully saturated rings. The van der Waals surface area contributed by atoms with E-state index in [0.29, 0.717) is 10.8 Å². The minimum Gasteiger partial charge on any atom is -0.478 e. The summed E-state index contributed by atoms with van der Waals surface area (Å²) in [7, 11) is 0. The summed E-state index contributed by atoms with van der Waals surface area (Å²) in [5.74, 6) is -0.965. The van der Waals surface area contributed by atoms with E-state index in [1.54, 1.807) is 28.6 Å². The van der Waals surface area contributed by atoms with Crippen molar-refractivity contribution < 1.29 is 9.90 Å². The van der Waals surface area contributed by atoms with Crippen molar-refractivity contribution in [3.8, 4) is 5.69 Å². The molecule has 126 valence electrons. The number of hydrogen-bond donors (Lipinski definition) is 1. The van der Waals surface area contributed by atoms with Crippen LogP contribution in [0.3, 0.4) is 0 Å². The number of allylic oxidation sites excluding steroid dienone is 1. The minimum atomic E-state index is -0.965. The number of tetrazole rings is 1. The topological polar surface area (TPSA) is 80.9 Å². The Morgan fingerprint density at radius 3 is 2.56 bits per heavy atom. The zero-order valence-electron chi connectivity index (χ0n) is 13.3. The second kappa shape index (κ2) is 7.76. The van der Waals surface area contributed by atoms with Gasteiger partial charge >= 0.3 is 5.97 Å². The third-order valence-electron chi connectivity index (χ3n) is 3.60. The molecule has 0 aliphatic heterocycles. The summed E-state index contributed by atoms with van der Waals surface area (Å²) < 4.78 is 1.61. The van der Waals surface area contributed by atoms with Gasteiger partial charge in [0.15, 0.2) is 0 Å². The number of hydrogen-bond acceptors (Lipinski definition) is 5. The van der Waals surface area contributed by atoms with Crippen LogP contribution in [0, 0.1) is 0 Å². The number of aromatic nitrogens is 4. The first-order chi connectivity index (χ1) is 12.2. The van der Waals surface area contributed by atoms with Gasteiger partial charge in [-0.3, -0.25) is 0 Å². The second-order valence-corrected chi connectivity index (χ2v) is 6.44. The fourth-order valence-electron chi connectivity index (χ4n) is 2.36. The molecule has 0 saturated carbocycles. The van der Waals surface area contributed by atoms with Gasteiger partial charge in [-0.15, -0.1) is 11.7 Å². The van der Waals surface area contributed by atoms with Crippen molar-refractivity contribution in [1.82, 2.24) is 20.2 Å². The van der Waals surface area contributed by atoms with E-state index in [-0.39, 0.29) is 10.8 Å². The van der Waals surface area contributed by atoms with Crippen LogP contribution in [0.2, 0.25) is 0 Å². The maximum Gasteiger partial charge on any atom is 0.335 e. The molecule has 1 N–H and O–H groups in total. The molecule has 1 unspecified atom stereocenters. The first-order valence-corrected chi connectivity index (χ1v) is 8.51. The van der Waals surface area contributed by atoms with E-state index in [9.17, 15) is 4.79 Å². The van der Waals surface area contributed by atoms with Gasteiger partial charge in [-0.25, -0.2) is 4.79 Å². The second-order valence-electron chi connectivity index (χ2n) is 5.27. The van der Waals surface area contributed by atoms with Gasteiger partial charge < -0.3 is 5.11 Å². The number of carboxylic acid groups (broad SMARTS) is 1. The maximum absolute atomic E-state index is 11.0. The molecule has 7 heteroatoms. The molecule has 1 atom stereocenters. The fourth-order valence-corrected chi connectivity index (χ4v) is 3.46.